The number of rotatable bonds is 12. The Balaban J connectivity index is 1.45. The van der Waals surface area contributed by atoms with Gasteiger partial charge in [0.15, 0.2) is 0 Å². The molecule has 1 aliphatic carbocycles. The Bertz CT molecular complexity index is 959. The first-order chi connectivity index (χ1) is 19.0. The Morgan fingerprint density at radius 1 is 1.00 bits per heavy atom. The van der Waals surface area contributed by atoms with E-state index >= 15 is 0 Å². The molecule has 0 spiro atoms. The van der Waals surface area contributed by atoms with Crippen LogP contribution in [0.15, 0.2) is 24.3 Å². The number of nitrogens with zero attached hydrogens (tertiary/aromatic N) is 2. The average molecular weight is 569 g/mol. The van der Waals surface area contributed by atoms with Crippen molar-refractivity contribution in [2.45, 2.75) is 84.0 Å². The van der Waals surface area contributed by atoms with Crippen molar-refractivity contribution in [3.63, 3.8) is 0 Å². The Kier molecular flexibility index (Phi) is 11.9. The zero-order chi connectivity index (χ0) is 29.1. The highest BCUT2D eigenvalue weighted by molar-refractivity contribution is 5.86. The fourth-order valence-corrected chi connectivity index (χ4v) is 5.57. The summed E-state index contributed by atoms with van der Waals surface area (Å²) in [5.74, 6) is -0.281. The Morgan fingerprint density at radius 2 is 1.62 bits per heavy atom. The minimum atomic E-state index is -4.72. The normalized spacial score (nSPS) is 18.1. The number of carbonyl (C=O) groups excluding carboxylic acids is 3. The monoisotopic (exact) mass is 568 g/mol. The smallest absolute Gasteiger partial charge is 0.406 e. The van der Waals surface area contributed by atoms with Crippen molar-refractivity contribution in [2.75, 3.05) is 38.0 Å². The van der Waals surface area contributed by atoms with E-state index < -0.39 is 6.36 Å². The predicted molar refractivity (Wildman–Crippen MR) is 147 cm³/mol. The van der Waals surface area contributed by atoms with E-state index in [0.29, 0.717) is 57.2 Å². The molecular formula is C29H43F3N4O4. The molecule has 1 heterocycles. The van der Waals surface area contributed by atoms with Crippen molar-refractivity contribution >= 4 is 23.4 Å². The molecule has 0 aromatic heterocycles. The first kappa shape index (κ1) is 31.5. The van der Waals surface area contributed by atoms with E-state index in [9.17, 15) is 27.6 Å². The zero-order valence-electron chi connectivity index (χ0n) is 23.6. The number of ether oxygens (including phenoxy) is 1. The summed E-state index contributed by atoms with van der Waals surface area (Å²) in [6.07, 6.45) is 3.40. The summed E-state index contributed by atoms with van der Waals surface area (Å²) in [6, 6.07) is 5.49. The number of hydrogen-bond donors (Lipinski definition) is 2. The lowest BCUT2D eigenvalue weighted by molar-refractivity contribution is -0.274. The van der Waals surface area contributed by atoms with Crippen LogP contribution < -0.4 is 15.4 Å². The quantitative estimate of drug-likeness (QED) is 0.348. The third-order valence-electron chi connectivity index (χ3n) is 7.83. The maximum Gasteiger partial charge on any atom is 0.573 e. The number of nitrogens with one attached hydrogen (secondary N) is 2. The summed E-state index contributed by atoms with van der Waals surface area (Å²) in [7, 11) is 0. The Morgan fingerprint density at radius 3 is 2.23 bits per heavy atom. The van der Waals surface area contributed by atoms with Gasteiger partial charge in [-0.1, -0.05) is 32.1 Å². The lowest BCUT2D eigenvalue weighted by Crippen LogP contribution is -2.51. The Hall–Kier alpha value is -2.98. The van der Waals surface area contributed by atoms with Gasteiger partial charge in [-0.25, -0.2) is 0 Å². The summed E-state index contributed by atoms with van der Waals surface area (Å²) < 4.78 is 40.8. The molecule has 224 valence electrons. The first-order valence-electron chi connectivity index (χ1n) is 14.4. The molecule has 1 saturated heterocycles. The van der Waals surface area contributed by atoms with Crippen LogP contribution in [0.1, 0.15) is 71.6 Å². The van der Waals surface area contributed by atoms with E-state index in [4.69, 9.17) is 0 Å². The van der Waals surface area contributed by atoms with Crippen molar-refractivity contribution in [3.8, 4) is 5.75 Å². The molecule has 0 radical (unpaired) electrons. The molecular weight excluding hydrogens is 525 g/mol. The fourth-order valence-electron chi connectivity index (χ4n) is 5.57. The van der Waals surface area contributed by atoms with Crippen LogP contribution in [0, 0.1) is 11.8 Å². The molecule has 0 bridgehead atoms. The maximum atomic E-state index is 13.3. The first-order valence-corrected chi connectivity index (χ1v) is 14.4. The second-order valence-electron chi connectivity index (χ2n) is 11.1. The Labute approximate surface area is 235 Å². The molecule has 1 aromatic rings. The second kappa shape index (κ2) is 15.1. The average Bonchev–Trinajstić information content (AvgIpc) is 2.91. The topological polar surface area (TPSA) is 91.0 Å². The molecule has 2 N–H and O–H groups in total. The minimum absolute atomic E-state index is 0.0132. The number of alkyl halides is 3. The van der Waals surface area contributed by atoms with Gasteiger partial charge in [-0.2, -0.15) is 0 Å². The van der Waals surface area contributed by atoms with E-state index in [1.807, 2.05) is 6.92 Å². The summed E-state index contributed by atoms with van der Waals surface area (Å²) in [5, 5.41) is 6.28. The van der Waals surface area contributed by atoms with Crippen LogP contribution in [0.3, 0.4) is 0 Å². The van der Waals surface area contributed by atoms with Gasteiger partial charge in [0.25, 0.3) is 0 Å². The molecule has 11 heteroatoms. The molecule has 2 fully saturated rings. The predicted octanol–water partition coefficient (Wildman–Crippen LogP) is 4.95. The van der Waals surface area contributed by atoms with E-state index in [0.717, 1.165) is 19.3 Å². The number of amides is 3. The van der Waals surface area contributed by atoms with Crippen LogP contribution in [0.5, 0.6) is 5.75 Å². The van der Waals surface area contributed by atoms with E-state index in [-0.39, 0.29) is 41.9 Å². The number of halogens is 3. The van der Waals surface area contributed by atoms with Crippen LogP contribution >= 0.6 is 0 Å². The zero-order valence-corrected chi connectivity index (χ0v) is 23.6. The highest BCUT2D eigenvalue weighted by Gasteiger charge is 2.32. The van der Waals surface area contributed by atoms with E-state index in [2.05, 4.69) is 15.4 Å². The van der Waals surface area contributed by atoms with Gasteiger partial charge >= 0.3 is 6.36 Å². The molecule has 40 heavy (non-hydrogen) atoms. The van der Waals surface area contributed by atoms with Gasteiger partial charge in [-0.3, -0.25) is 14.4 Å². The highest BCUT2D eigenvalue weighted by atomic mass is 19.4. The lowest BCUT2D eigenvalue weighted by atomic mass is 9.81. The summed E-state index contributed by atoms with van der Waals surface area (Å²) in [4.78, 5) is 41.6. The van der Waals surface area contributed by atoms with Gasteiger partial charge in [-0.15, -0.1) is 13.2 Å². The standard InChI is InChI=1S/C29H43F3N4O4/c1-21(7-6-14-33-25-10-12-26(13-11-25)40-29(30,31)32)34-28(39)24(19-23-8-4-3-5-9-23)20-27(38)36-17-15-35(16-18-36)22(2)37/h10-13,21,23-24,33H,3-9,14-20H2,1-2H3,(H,34,39)/t21-,24+/m0/s1. The van der Waals surface area contributed by atoms with Gasteiger partial charge in [-0.05, 0) is 56.4 Å². The molecule has 0 unspecified atom stereocenters. The van der Waals surface area contributed by atoms with Crippen LogP contribution in [-0.2, 0) is 14.4 Å². The third-order valence-corrected chi connectivity index (χ3v) is 7.83. The molecule has 3 amide bonds. The van der Waals surface area contributed by atoms with E-state index in [1.165, 1.54) is 50.5 Å². The van der Waals surface area contributed by atoms with Crippen LogP contribution in [0.25, 0.3) is 0 Å². The molecule has 2 aliphatic rings. The van der Waals surface area contributed by atoms with Crippen LogP contribution in [0.2, 0.25) is 0 Å². The van der Waals surface area contributed by atoms with Gasteiger partial charge in [0.1, 0.15) is 5.75 Å². The number of benzene rings is 1. The number of carbonyl (C=O) groups is 3. The number of piperazine rings is 1. The third kappa shape index (κ3) is 10.9. The molecule has 1 aromatic carbocycles. The molecule has 1 aliphatic heterocycles. The summed E-state index contributed by atoms with van der Waals surface area (Å²) in [6.45, 7) is 6.12. The highest BCUT2D eigenvalue weighted by Crippen LogP contribution is 2.31. The van der Waals surface area contributed by atoms with Gasteiger partial charge < -0.3 is 25.2 Å². The fraction of sp³-hybridized carbons (Fsp3) is 0.690. The molecule has 8 nitrogen and oxygen atoms in total. The maximum absolute atomic E-state index is 13.3. The van der Waals surface area contributed by atoms with Crippen molar-refractivity contribution in [2.24, 2.45) is 11.8 Å². The van der Waals surface area contributed by atoms with Crippen molar-refractivity contribution in [3.05, 3.63) is 24.3 Å². The van der Waals surface area contributed by atoms with E-state index in [1.54, 1.807) is 9.80 Å². The molecule has 2 atom stereocenters. The molecule has 1 saturated carbocycles. The van der Waals surface area contributed by atoms with Crippen molar-refractivity contribution < 1.29 is 32.3 Å². The molecule has 3 rings (SSSR count). The van der Waals surface area contributed by atoms with Crippen molar-refractivity contribution in [1.82, 2.24) is 15.1 Å². The second-order valence-corrected chi connectivity index (χ2v) is 11.1. The summed E-state index contributed by atoms with van der Waals surface area (Å²) >= 11 is 0. The number of anilines is 1. The van der Waals surface area contributed by atoms with Gasteiger partial charge in [0.2, 0.25) is 17.7 Å². The largest absolute Gasteiger partial charge is 0.573 e. The number of hydrogen-bond acceptors (Lipinski definition) is 5. The lowest BCUT2D eigenvalue weighted by Gasteiger charge is -2.35. The SMILES string of the molecule is CC(=O)N1CCN(C(=O)C[C@@H](CC2CCCCC2)C(=O)N[C@@H](C)CCCNc2ccc(OC(F)(F)F)cc2)CC1. The minimum Gasteiger partial charge on any atom is -0.406 e. The van der Waals surface area contributed by atoms with Crippen molar-refractivity contribution in [1.29, 1.82) is 0 Å². The van der Waals surface area contributed by atoms with Gasteiger partial charge in [0.05, 0.1) is 0 Å². The van der Waals surface area contributed by atoms with Crippen LogP contribution in [-0.4, -0.2) is 72.6 Å². The van der Waals surface area contributed by atoms with Gasteiger partial charge in [0, 0.05) is 63.7 Å². The van der Waals surface area contributed by atoms with Crippen LogP contribution in [0.4, 0.5) is 18.9 Å². The summed E-state index contributed by atoms with van der Waals surface area (Å²) in [5.41, 5.74) is 0.682.